The van der Waals surface area contributed by atoms with E-state index in [-0.39, 0.29) is 5.75 Å². The monoisotopic (exact) mass is 442 g/mol. The first-order valence-corrected chi connectivity index (χ1v) is 10.9. The first kappa shape index (κ1) is 24.0. The third kappa shape index (κ3) is 5.56. The van der Waals surface area contributed by atoms with Gasteiger partial charge in [0.05, 0.1) is 25.4 Å². The van der Waals surface area contributed by atoms with Gasteiger partial charge in [-0.25, -0.2) is 0 Å². The molecular weight excluding hydrogens is 408 g/mol. The van der Waals surface area contributed by atoms with Gasteiger partial charge in [0.15, 0.2) is 0 Å². The summed E-state index contributed by atoms with van der Waals surface area (Å²) < 4.78 is 17.6. The maximum absolute atomic E-state index is 10.4. The van der Waals surface area contributed by atoms with Gasteiger partial charge in [-0.05, 0) is 71.6 Å². The minimum absolute atomic E-state index is 0.131. The smallest absolute Gasteiger partial charge is 0.138 e. The average Bonchev–Trinajstić information content (AvgIpc) is 3.11. The van der Waals surface area contributed by atoms with Crippen LogP contribution in [0.5, 0.6) is 17.2 Å². The van der Waals surface area contributed by atoms with Crippen molar-refractivity contribution in [3.63, 3.8) is 0 Å². The summed E-state index contributed by atoms with van der Waals surface area (Å²) in [6, 6.07) is 8.81. The standard InChI is InChI=1S/C26H34O6/c1-25(2,28)11-9-18-21(30-5)15-22(31-6)19(10-12-26(3,4)29)24(18)23-13-16-7-8-17(27)14-20(16)32-23/h7-8,13-15,27-29H,9-12H2,1-6H3. The Morgan fingerprint density at radius 3 is 1.81 bits per heavy atom. The van der Waals surface area contributed by atoms with E-state index in [1.165, 1.54) is 0 Å². The Balaban J connectivity index is 2.27. The molecule has 0 saturated carbocycles. The van der Waals surface area contributed by atoms with Gasteiger partial charge in [0.2, 0.25) is 0 Å². The molecule has 3 aromatic rings. The molecule has 6 nitrogen and oxygen atoms in total. The molecule has 1 heterocycles. The highest BCUT2D eigenvalue weighted by atomic mass is 16.5. The van der Waals surface area contributed by atoms with Crippen molar-refractivity contribution in [3.8, 4) is 28.6 Å². The normalized spacial score (nSPS) is 12.4. The third-order valence-electron chi connectivity index (χ3n) is 5.62. The Labute approximate surface area is 189 Å². The fourth-order valence-electron chi connectivity index (χ4n) is 3.88. The number of aromatic hydroxyl groups is 1. The van der Waals surface area contributed by atoms with Crippen LogP contribution in [-0.2, 0) is 12.8 Å². The molecule has 174 valence electrons. The Morgan fingerprint density at radius 2 is 1.34 bits per heavy atom. The van der Waals surface area contributed by atoms with Gasteiger partial charge < -0.3 is 29.2 Å². The average molecular weight is 443 g/mol. The van der Waals surface area contributed by atoms with Gasteiger partial charge >= 0.3 is 0 Å². The number of fused-ring (bicyclic) bond motifs is 1. The topological polar surface area (TPSA) is 92.3 Å². The van der Waals surface area contributed by atoms with E-state index >= 15 is 0 Å². The van der Waals surface area contributed by atoms with Crippen LogP contribution >= 0.6 is 0 Å². The molecule has 3 N–H and O–H groups in total. The van der Waals surface area contributed by atoms with Crippen molar-refractivity contribution in [2.45, 2.75) is 64.6 Å². The van der Waals surface area contributed by atoms with E-state index in [0.717, 1.165) is 22.1 Å². The number of ether oxygens (including phenoxy) is 2. The zero-order valence-corrected chi connectivity index (χ0v) is 19.8. The molecule has 32 heavy (non-hydrogen) atoms. The number of phenolic OH excluding ortho intramolecular Hbond substituents is 1. The maximum atomic E-state index is 10.4. The molecular formula is C26H34O6. The van der Waals surface area contributed by atoms with E-state index in [1.54, 1.807) is 54.0 Å². The lowest BCUT2D eigenvalue weighted by atomic mass is 9.87. The van der Waals surface area contributed by atoms with E-state index in [9.17, 15) is 15.3 Å². The molecule has 0 radical (unpaired) electrons. The number of phenols is 1. The van der Waals surface area contributed by atoms with Crippen LogP contribution in [0.2, 0.25) is 0 Å². The van der Waals surface area contributed by atoms with Crippen LogP contribution in [0.15, 0.2) is 34.7 Å². The Kier molecular flexibility index (Phi) is 6.77. The summed E-state index contributed by atoms with van der Waals surface area (Å²) in [5, 5.41) is 31.5. The van der Waals surface area contributed by atoms with Gasteiger partial charge in [0, 0.05) is 34.2 Å². The second-order valence-electron chi connectivity index (χ2n) is 9.57. The summed E-state index contributed by atoms with van der Waals surface area (Å²) in [5.41, 5.74) is 1.52. The van der Waals surface area contributed by atoms with Crippen LogP contribution in [0.25, 0.3) is 22.3 Å². The lowest BCUT2D eigenvalue weighted by Gasteiger charge is -2.24. The molecule has 0 aliphatic heterocycles. The minimum Gasteiger partial charge on any atom is -0.508 e. The van der Waals surface area contributed by atoms with E-state index in [1.807, 2.05) is 18.2 Å². The fraction of sp³-hybridized carbons (Fsp3) is 0.462. The van der Waals surface area contributed by atoms with E-state index < -0.39 is 11.2 Å². The molecule has 0 aliphatic carbocycles. The molecule has 0 amide bonds. The first-order chi connectivity index (χ1) is 14.9. The van der Waals surface area contributed by atoms with Crippen molar-refractivity contribution in [2.24, 2.45) is 0 Å². The summed E-state index contributed by atoms with van der Waals surface area (Å²) >= 11 is 0. The highest BCUT2D eigenvalue weighted by molar-refractivity contribution is 5.86. The number of furan rings is 1. The molecule has 0 unspecified atom stereocenters. The predicted octanol–water partition coefficient (Wildman–Crippen LogP) is 5.23. The highest BCUT2D eigenvalue weighted by Gasteiger charge is 2.26. The summed E-state index contributed by atoms with van der Waals surface area (Å²) in [6.45, 7) is 7.12. The van der Waals surface area contributed by atoms with Gasteiger partial charge in [-0.3, -0.25) is 0 Å². The molecule has 2 aromatic carbocycles. The molecule has 0 aliphatic rings. The number of methoxy groups -OCH3 is 2. The number of benzene rings is 2. The molecule has 0 fully saturated rings. The molecule has 6 heteroatoms. The van der Waals surface area contributed by atoms with Gasteiger partial charge in [0.1, 0.15) is 28.6 Å². The molecule has 0 bridgehead atoms. The number of hydrogen-bond donors (Lipinski definition) is 3. The number of hydrogen-bond acceptors (Lipinski definition) is 6. The van der Waals surface area contributed by atoms with Gasteiger partial charge in [0.25, 0.3) is 0 Å². The van der Waals surface area contributed by atoms with Crippen molar-refractivity contribution < 1.29 is 29.2 Å². The number of aliphatic hydroxyl groups is 2. The van der Waals surface area contributed by atoms with Crippen LogP contribution in [-0.4, -0.2) is 40.7 Å². The zero-order chi connectivity index (χ0) is 23.7. The Hall–Kier alpha value is -2.70. The first-order valence-electron chi connectivity index (χ1n) is 10.9. The fourth-order valence-corrected chi connectivity index (χ4v) is 3.88. The second kappa shape index (κ2) is 9.04. The van der Waals surface area contributed by atoms with Crippen molar-refractivity contribution in [2.75, 3.05) is 14.2 Å². The largest absolute Gasteiger partial charge is 0.508 e. The predicted molar refractivity (Wildman–Crippen MR) is 126 cm³/mol. The summed E-state index contributed by atoms with van der Waals surface area (Å²) in [4.78, 5) is 0. The van der Waals surface area contributed by atoms with Crippen molar-refractivity contribution in [3.05, 3.63) is 41.5 Å². The van der Waals surface area contributed by atoms with Gasteiger partial charge in [-0.1, -0.05) is 0 Å². The molecule has 0 atom stereocenters. The molecule has 0 saturated heterocycles. The molecule has 0 spiro atoms. The molecule has 3 rings (SSSR count). The van der Waals surface area contributed by atoms with Crippen molar-refractivity contribution in [1.82, 2.24) is 0 Å². The SMILES string of the molecule is COc1cc(OC)c(CCC(C)(C)O)c(-c2cc3ccc(O)cc3o2)c1CCC(C)(C)O. The molecule has 1 aromatic heterocycles. The minimum atomic E-state index is -0.852. The van der Waals surface area contributed by atoms with Crippen LogP contribution < -0.4 is 9.47 Å². The van der Waals surface area contributed by atoms with E-state index in [2.05, 4.69) is 0 Å². The highest BCUT2D eigenvalue weighted by Crippen LogP contribution is 2.44. The lowest BCUT2D eigenvalue weighted by molar-refractivity contribution is 0.0711. The van der Waals surface area contributed by atoms with Crippen LogP contribution in [0.1, 0.15) is 51.7 Å². The quantitative estimate of drug-likeness (QED) is 0.420. The summed E-state index contributed by atoms with van der Waals surface area (Å²) in [7, 11) is 3.22. The number of rotatable bonds is 9. The maximum Gasteiger partial charge on any atom is 0.138 e. The third-order valence-corrected chi connectivity index (χ3v) is 5.62. The van der Waals surface area contributed by atoms with Crippen LogP contribution in [0, 0.1) is 0 Å². The van der Waals surface area contributed by atoms with Crippen LogP contribution in [0.4, 0.5) is 0 Å². The van der Waals surface area contributed by atoms with Crippen molar-refractivity contribution >= 4 is 11.0 Å². The van der Waals surface area contributed by atoms with Gasteiger partial charge in [-0.2, -0.15) is 0 Å². The van der Waals surface area contributed by atoms with Crippen LogP contribution in [0.3, 0.4) is 0 Å². The Morgan fingerprint density at radius 1 is 0.812 bits per heavy atom. The van der Waals surface area contributed by atoms with E-state index in [0.29, 0.717) is 48.5 Å². The Bertz CT molecular complexity index is 1040. The van der Waals surface area contributed by atoms with Gasteiger partial charge in [-0.15, -0.1) is 0 Å². The zero-order valence-electron chi connectivity index (χ0n) is 19.8. The second-order valence-corrected chi connectivity index (χ2v) is 9.57. The summed E-state index contributed by atoms with van der Waals surface area (Å²) in [5.74, 6) is 2.05. The lowest BCUT2D eigenvalue weighted by Crippen LogP contribution is -2.21. The van der Waals surface area contributed by atoms with E-state index in [4.69, 9.17) is 13.9 Å². The summed E-state index contributed by atoms with van der Waals surface area (Å²) in [6.07, 6.45) is 2.16. The van der Waals surface area contributed by atoms with Crippen molar-refractivity contribution in [1.29, 1.82) is 0 Å².